The molecule has 0 bridgehead atoms. The molecule has 76 valence electrons. The van der Waals surface area contributed by atoms with Gasteiger partial charge in [-0.05, 0) is 33.2 Å². The smallest absolute Gasteiger partial charge is 0.0543 e. The highest BCUT2D eigenvalue weighted by atomic mass is 16.5. The SMILES string of the molecule is C#CCCC(CCC(C)OC)NC. The fourth-order valence-corrected chi connectivity index (χ4v) is 1.24. The molecule has 0 aliphatic rings. The second-order valence-electron chi connectivity index (χ2n) is 3.35. The third kappa shape index (κ3) is 6.62. The Kier molecular flexibility index (Phi) is 7.77. The Hall–Kier alpha value is -0.520. The van der Waals surface area contributed by atoms with Gasteiger partial charge in [-0.15, -0.1) is 12.3 Å². The standard InChI is InChI=1S/C11H21NO/c1-5-6-7-11(12-3)9-8-10(2)13-4/h1,10-12H,6-9H2,2-4H3. The molecule has 0 heterocycles. The van der Waals surface area contributed by atoms with E-state index in [2.05, 4.69) is 18.2 Å². The normalized spacial score (nSPS) is 14.9. The van der Waals surface area contributed by atoms with Gasteiger partial charge in [0.15, 0.2) is 0 Å². The van der Waals surface area contributed by atoms with Crippen LogP contribution in [-0.4, -0.2) is 26.3 Å². The van der Waals surface area contributed by atoms with Crippen LogP contribution in [-0.2, 0) is 4.74 Å². The van der Waals surface area contributed by atoms with E-state index in [1.165, 1.54) is 0 Å². The van der Waals surface area contributed by atoms with E-state index in [0.717, 1.165) is 25.7 Å². The Morgan fingerprint density at radius 3 is 2.54 bits per heavy atom. The zero-order valence-electron chi connectivity index (χ0n) is 8.97. The number of hydrogen-bond acceptors (Lipinski definition) is 2. The van der Waals surface area contributed by atoms with E-state index < -0.39 is 0 Å². The first-order valence-electron chi connectivity index (χ1n) is 4.88. The van der Waals surface area contributed by atoms with Crippen molar-refractivity contribution in [3.05, 3.63) is 0 Å². The van der Waals surface area contributed by atoms with Crippen molar-refractivity contribution in [3.63, 3.8) is 0 Å². The molecule has 0 fully saturated rings. The summed E-state index contributed by atoms with van der Waals surface area (Å²) in [5.41, 5.74) is 0. The van der Waals surface area contributed by atoms with Crippen molar-refractivity contribution < 1.29 is 4.74 Å². The minimum absolute atomic E-state index is 0.349. The van der Waals surface area contributed by atoms with Gasteiger partial charge in [-0.2, -0.15) is 0 Å². The molecular formula is C11H21NO. The molecule has 0 saturated heterocycles. The Bertz CT molecular complexity index is 151. The summed E-state index contributed by atoms with van der Waals surface area (Å²) in [7, 11) is 3.74. The molecule has 0 aromatic heterocycles. The molecule has 0 aliphatic carbocycles. The van der Waals surface area contributed by atoms with Crippen LogP contribution in [0.5, 0.6) is 0 Å². The lowest BCUT2D eigenvalue weighted by Crippen LogP contribution is -2.26. The average Bonchev–Trinajstić information content (AvgIpc) is 2.17. The summed E-state index contributed by atoms with van der Waals surface area (Å²) < 4.78 is 5.18. The van der Waals surface area contributed by atoms with E-state index in [0.29, 0.717) is 12.1 Å². The molecule has 0 saturated carbocycles. The molecule has 2 nitrogen and oxygen atoms in total. The summed E-state index contributed by atoms with van der Waals surface area (Å²) >= 11 is 0. The number of ether oxygens (including phenoxy) is 1. The van der Waals surface area contributed by atoms with Crippen LogP contribution >= 0.6 is 0 Å². The Labute approximate surface area is 82.1 Å². The molecule has 0 amide bonds. The van der Waals surface area contributed by atoms with Crippen LogP contribution in [0.1, 0.15) is 32.6 Å². The minimum atomic E-state index is 0.349. The van der Waals surface area contributed by atoms with Crippen molar-refractivity contribution in [3.8, 4) is 12.3 Å². The predicted molar refractivity (Wildman–Crippen MR) is 56.6 cm³/mol. The van der Waals surface area contributed by atoms with E-state index in [-0.39, 0.29) is 0 Å². The maximum absolute atomic E-state index is 5.21. The van der Waals surface area contributed by atoms with Crippen molar-refractivity contribution in [2.45, 2.75) is 44.8 Å². The van der Waals surface area contributed by atoms with Gasteiger partial charge in [0.25, 0.3) is 0 Å². The third-order valence-corrected chi connectivity index (χ3v) is 2.37. The van der Waals surface area contributed by atoms with Crippen LogP contribution in [0.15, 0.2) is 0 Å². The molecule has 1 N–H and O–H groups in total. The van der Waals surface area contributed by atoms with Gasteiger partial charge < -0.3 is 10.1 Å². The number of methoxy groups -OCH3 is 1. The second kappa shape index (κ2) is 8.10. The molecule has 0 aromatic carbocycles. The Morgan fingerprint density at radius 1 is 1.38 bits per heavy atom. The Morgan fingerprint density at radius 2 is 2.08 bits per heavy atom. The monoisotopic (exact) mass is 183 g/mol. The number of hydrogen-bond donors (Lipinski definition) is 1. The second-order valence-corrected chi connectivity index (χ2v) is 3.35. The lowest BCUT2D eigenvalue weighted by molar-refractivity contribution is 0.106. The summed E-state index contributed by atoms with van der Waals surface area (Å²) in [6.07, 6.45) is 9.69. The van der Waals surface area contributed by atoms with Crippen LogP contribution < -0.4 is 5.32 Å². The summed E-state index contributed by atoms with van der Waals surface area (Å²) in [6.45, 7) is 2.09. The van der Waals surface area contributed by atoms with Gasteiger partial charge in [0.05, 0.1) is 6.10 Å². The van der Waals surface area contributed by atoms with Crippen molar-refractivity contribution in [2.75, 3.05) is 14.2 Å². The van der Waals surface area contributed by atoms with Gasteiger partial charge in [-0.3, -0.25) is 0 Å². The van der Waals surface area contributed by atoms with Gasteiger partial charge in [0.2, 0.25) is 0 Å². The van der Waals surface area contributed by atoms with Gasteiger partial charge in [-0.25, -0.2) is 0 Å². The first-order valence-corrected chi connectivity index (χ1v) is 4.88. The van der Waals surface area contributed by atoms with Gasteiger partial charge in [0.1, 0.15) is 0 Å². The summed E-state index contributed by atoms with van der Waals surface area (Å²) in [5.74, 6) is 2.66. The largest absolute Gasteiger partial charge is 0.382 e. The van der Waals surface area contributed by atoms with E-state index >= 15 is 0 Å². The molecule has 2 heteroatoms. The summed E-state index contributed by atoms with van der Waals surface area (Å²) in [6, 6.07) is 0.536. The maximum atomic E-state index is 5.21. The fraction of sp³-hybridized carbons (Fsp3) is 0.818. The summed E-state index contributed by atoms with van der Waals surface area (Å²) in [4.78, 5) is 0. The molecule has 2 unspecified atom stereocenters. The molecule has 0 aromatic rings. The Balaban J connectivity index is 3.54. The molecule has 13 heavy (non-hydrogen) atoms. The number of rotatable bonds is 7. The van der Waals surface area contributed by atoms with E-state index in [9.17, 15) is 0 Å². The van der Waals surface area contributed by atoms with Gasteiger partial charge in [0, 0.05) is 19.6 Å². The molecule has 0 radical (unpaired) electrons. The quantitative estimate of drug-likeness (QED) is 0.608. The highest BCUT2D eigenvalue weighted by molar-refractivity contribution is 4.85. The van der Waals surface area contributed by atoms with Crippen molar-refractivity contribution in [1.82, 2.24) is 5.32 Å². The van der Waals surface area contributed by atoms with Crippen LogP contribution in [0, 0.1) is 12.3 Å². The third-order valence-electron chi connectivity index (χ3n) is 2.37. The minimum Gasteiger partial charge on any atom is -0.382 e. The van der Waals surface area contributed by atoms with E-state index in [1.807, 2.05) is 7.05 Å². The molecule has 0 rings (SSSR count). The van der Waals surface area contributed by atoms with E-state index in [1.54, 1.807) is 7.11 Å². The lowest BCUT2D eigenvalue weighted by Gasteiger charge is -2.16. The highest BCUT2D eigenvalue weighted by Gasteiger charge is 2.07. The molecule has 2 atom stereocenters. The van der Waals surface area contributed by atoms with Crippen molar-refractivity contribution in [1.29, 1.82) is 0 Å². The molecular weight excluding hydrogens is 162 g/mol. The van der Waals surface area contributed by atoms with Crippen LogP contribution in [0.3, 0.4) is 0 Å². The van der Waals surface area contributed by atoms with Crippen molar-refractivity contribution in [2.24, 2.45) is 0 Å². The number of terminal acetylenes is 1. The van der Waals surface area contributed by atoms with E-state index in [4.69, 9.17) is 11.2 Å². The van der Waals surface area contributed by atoms with Crippen LogP contribution in [0.2, 0.25) is 0 Å². The zero-order valence-corrected chi connectivity index (χ0v) is 8.97. The van der Waals surface area contributed by atoms with Crippen LogP contribution in [0.25, 0.3) is 0 Å². The first-order chi connectivity index (χ1) is 6.24. The average molecular weight is 183 g/mol. The maximum Gasteiger partial charge on any atom is 0.0543 e. The lowest BCUT2D eigenvalue weighted by atomic mass is 10.0. The highest BCUT2D eigenvalue weighted by Crippen LogP contribution is 2.07. The predicted octanol–water partition coefficient (Wildman–Crippen LogP) is 1.80. The van der Waals surface area contributed by atoms with Gasteiger partial charge in [-0.1, -0.05) is 0 Å². The molecule has 0 aliphatic heterocycles. The van der Waals surface area contributed by atoms with Gasteiger partial charge >= 0.3 is 0 Å². The molecule has 0 spiro atoms. The first kappa shape index (κ1) is 12.5. The summed E-state index contributed by atoms with van der Waals surface area (Å²) in [5, 5.41) is 3.27. The fourth-order valence-electron chi connectivity index (χ4n) is 1.24. The zero-order chi connectivity index (χ0) is 10.1. The number of nitrogens with one attached hydrogen (secondary N) is 1. The van der Waals surface area contributed by atoms with Crippen LogP contribution in [0.4, 0.5) is 0 Å². The van der Waals surface area contributed by atoms with Crippen molar-refractivity contribution >= 4 is 0 Å². The topological polar surface area (TPSA) is 21.3 Å².